The zero-order valence-electron chi connectivity index (χ0n) is 14.2. The van der Waals surface area contributed by atoms with Crippen molar-refractivity contribution in [2.45, 2.75) is 18.8 Å². The van der Waals surface area contributed by atoms with Gasteiger partial charge in [-0.2, -0.15) is 0 Å². The first-order chi connectivity index (χ1) is 11.7. The molecule has 0 spiro atoms. The predicted octanol–water partition coefficient (Wildman–Crippen LogP) is 3.57. The van der Waals surface area contributed by atoms with Gasteiger partial charge in [0, 0.05) is 5.41 Å². The predicted molar refractivity (Wildman–Crippen MR) is 91.5 cm³/mol. The maximum Gasteiger partial charge on any atom is 0.310 e. The number of carbonyl (C=O) groups excluding carboxylic acids is 1. The van der Waals surface area contributed by atoms with E-state index < -0.39 is 0 Å². The van der Waals surface area contributed by atoms with Crippen LogP contribution in [0.15, 0.2) is 48.5 Å². The Labute approximate surface area is 142 Å². The van der Waals surface area contributed by atoms with Crippen LogP contribution in [0.1, 0.15) is 24.5 Å². The zero-order valence-corrected chi connectivity index (χ0v) is 14.2. The minimum Gasteiger partial charge on any atom is -0.497 e. The molecule has 4 heteroatoms. The Morgan fingerprint density at radius 3 is 1.79 bits per heavy atom. The molecule has 0 N–H and O–H groups in total. The fourth-order valence-electron chi connectivity index (χ4n) is 3.37. The third-order valence-electron chi connectivity index (χ3n) is 4.74. The zero-order chi connectivity index (χ0) is 17.2. The first-order valence-corrected chi connectivity index (χ1v) is 8.11. The molecule has 126 valence electrons. The molecule has 0 amide bonds. The van der Waals surface area contributed by atoms with Crippen LogP contribution in [-0.2, 0) is 14.9 Å². The molecule has 0 saturated heterocycles. The van der Waals surface area contributed by atoms with Crippen LogP contribution in [0, 0.1) is 5.92 Å². The van der Waals surface area contributed by atoms with Gasteiger partial charge in [-0.05, 0) is 48.7 Å². The molecule has 1 unspecified atom stereocenters. The van der Waals surface area contributed by atoms with Crippen LogP contribution in [0.3, 0.4) is 0 Å². The second kappa shape index (κ2) is 6.56. The number of methoxy groups -OCH3 is 2. The fraction of sp³-hybridized carbons (Fsp3) is 0.350. The monoisotopic (exact) mass is 326 g/mol. The lowest BCUT2D eigenvalue weighted by Crippen LogP contribution is -2.19. The van der Waals surface area contributed by atoms with Crippen LogP contribution in [0.5, 0.6) is 11.5 Å². The molecule has 1 aliphatic rings. The fourth-order valence-corrected chi connectivity index (χ4v) is 3.37. The minimum atomic E-state index is -0.329. The van der Waals surface area contributed by atoms with E-state index in [0.717, 1.165) is 29.0 Å². The Hall–Kier alpha value is -2.49. The van der Waals surface area contributed by atoms with Gasteiger partial charge in [-0.3, -0.25) is 4.79 Å². The normalized spacial score (nSPS) is 17.9. The van der Waals surface area contributed by atoms with Crippen molar-refractivity contribution < 1.29 is 19.0 Å². The van der Waals surface area contributed by atoms with E-state index in [1.165, 1.54) is 0 Å². The van der Waals surface area contributed by atoms with Crippen LogP contribution in [0.4, 0.5) is 0 Å². The van der Waals surface area contributed by atoms with Gasteiger partial charge in [0.05, 0.1) is 26.7 Å². The highest BCUT2D eigenvalue weighted by Gasteiger charge is 2.61. The first-order valence-electron chi connectivity index (χ1n) is 8.11. The van der Waals surface area contributed by atoms with Gasteiger partial charge < -0.3 is 14.2 Å². The molecule has 1 aliphatic carbocycles. The van der Waals surface area contributed by atoms with E-state index >= 15 is 0 Å². The molecule has 24 heavy (non-hydrogen) atoms. The molecule has 0 aliphatic heterocycles. The lowest BCUT2D eigenvalue weighted by atomic mass is 9.85. The largest absolute Gasteiger partial charge is 0.497 e. The molecule has 0 radical (unpaired) electrons. The van der Waals surface area contributed by atoms with E-state index in [9.17, 15) is 4.79 Å². The van der Waals surface area contributed by atoms with E-state index in [1.54, 1.807) is 14.2 Å². The van der Waals surface area contributed by atoms with Gasteiger partial charge in [-0.1, -0.05) is 24.3 Å². The van der Waals surface area contributed by atoms with Crippen molar-refractivity contribution in [3.8, 4) is 11.5 Å². The van der Waals surface area contributed by atoms with Crippen molar-refractivity contribution in [3.05, 3.63) is 59.7 Å². The third-order valence-corrected chi connectivity index (χ3v) is 4.74. The van der Waals surface area contributed by atoms with Crippen LogP contribution >= 0.6 is 0 Å². The molecule has 1 fully saturated rings. The summed E-state index contributed by atoms with van der Waals surface area (Å²) in [6.45, 7) is 2.24. The second-order valence-electron chi connectivity index (χ2n) is 5.94. The number of esters is 1. The standard InChI is InChI=1S/C20H22O4/c1-4-24-19(21)18-13-20(18,14-5-9-16(22-2)10-6-14)15-7-11-17(23-3)12-8-15/h5-12,18H,4,13H2,1-3H3. The Balaban J connectivity index is 1.99. The van der Waals surface area contributed by atoms with Gasteiger partial charge in [0.1, 0.15) is 11.5 Å². The van der Waals surface area contributed by atoms with Crippen LogP contribution in [-0.4, -0.2) is 26.8 Å². The van der Waals surface area contributed by atoms with Gasteiger partial charge in [0.2, 0.25) is 0 Å². The van der Waals surface area contributed by atoms with Crippen molar-refractivity contribution in [2.24, 2.45) is 5.92 Å². The molecule has 4 nitrogen and oxygen atoms in total. The van der Waals surface area contributed by atoms with Gasteiger partial charge in [0.25, 0.3) is 0 Å². The highest BCUT2D eigenvalue weighted by molar-refractivity contribution is 5.81. The summed E-state index contributed by atoms with van der Waals surface area (Å²) >= 11 is 0. The summed E-state index contributed by atoms with van der Waals surface area (Å²) in [5.74, 6) is 1.32. The molecule has 0 bridgehead atoms. The van der Waals surface area contributed by atoms with Crippen LogP contribution in [0.2, 0.25) is 0 Å². The number of hydrogen-bond donors (Lipinski definition) is 0. The molecule has 1 atom stereocenters. The summed E-state index contributed by atoms with van der Waals surface area (Å²) in [4.78, 5) is 12.3. The number of rotatable bonds is 6. The maximum absolute atomic E-state index is 12.3. The summed E-state index contributed by atoms with van der Waals surface area (Å²) in [6, 6.07) is 15.8. The average Bonchev–Trinajstić information content (AvgIpc) is 3.39. The van der Waals surface area contributed by atoms with E-state index in [-0.39, 0.29) is 17.3 Å². The summed E-state index contributed by atoms with van der Waals surface area (Å²) in [5.41, 5.74) is 1.88. The lowest BCUT2D eigenvalue weighted by Gasteiger charge is -2.19. The second-order valence-corrected chi connectivity index (χ2v) is 5.94. The smallest absolute Gasteiger partial charge is 0.310 e. The van der Waals surface area contributed by atoms with Crippen molar-refractivity contribution in [1.29, 1.82) is 0 Å². The molecule has 2 aromatic rings. The number of hydrogen-bond acceptors (Lipinski definition) is 4. The number of benzene rings is 2. The number of carbonyl (C=O) groups is 1. The summed E-state index contributed by atoms with van der Waals surface area (Å²) in [5, 5.41) is 0. The highest BCUT2D eigenvalue weighted by Crippen LogP contribution is 2.59. The summed E-state index contributed by atoms with van der Waals surface area (Å²) in [7, 11) is 3.29. The SMILES string of the molecule is CCOC(=O)C1CC1(c1ccc(OC)cc1)c1ccc(OC)cc1. The van der Waals surface area contributed by atoms with Crippen LogP contribution in [0.25, 0.3) is 0 Å². The molecular weight excluding hydrogens is 304 g/mol. The molecule has 0 heterocycles. The molecule has 0 aromatic heterocycles. The first kappa shape index (κ1) is 16.4. The Bertz CT molecular complexity index is 656. The van der Waals surface area contributed by atoms with Crippen molar-refractivity contribution >= 4 is 5.97 Å². The van der Waals surface area contributed by atoms with Gasteiger partial charge in [0.15, 0.2) is 0 Å². The van der Waals surface area contributed by atoms with E-state index in [1.807, 2.05) is 55.5 Å². The van der Waals surface area contributed by atoms with E-state index in [0.29, 0.717) is 6.61 Å². The van der Waals surface area contributed by atoms with Crippen LogP contribution < -0.4 is 9.47 Å². The molecule has 2 aromatic carbocycles. The molecule has 3 rings (SSSR count). The van der Waals surface area contributed by atoms with Gasteiger partial charge >= 0.3 is 5.97 Å². The van der Waals surface area contributed by atoms with Crippen molar-refractivity contribution in [2.75, 3.05) is 20.8 Å². The summed E-state index contributed by atoms with van der Waals surface area (Å²) < 4.78 is 15.8. The molecule has 1 saturated carbocycles. The minimum absolute atomic E-state index is 0.135. The van der Waals surface area contributed by atoms with E-state index in [4.69, 9.17) is 14.2 Å². The quantitative estimate of drug-likeness (QED) is 0.761. The van der Waals surface area contributed by atoms with E-state index in [2.05, 4.69) is 0 Å². The third kappa shape index (κ3) is 2.73. The van der Waals surface area contributed by atoms with Gasteiger partial charge in [-0.15, -0.1) is 0 Å². The number of ether oxygens (including phenoxy) is 3. The van der Waals surface area contributed by atoms with Crippen molar-refractivity contribution in [3.63, 3.8) is 0 Å². The Kier molecular flexibility index (Phi) is 4.47. The average molecular weight is 326 g/mol. The maximum atomic E-state index is 12.3. The van der Waals surface area contributed by atoms with Crippen molar-refractivity contribution in [1.82, 2.24) is 0 Å². The van der Waals surface area contributed by atoms with Gasteiger partial charge in [-0.25, -0.2) is 0 Å². The Morgan fingerprint density at radius 1 is 0.958 bits per heavy atom. The Morgan fingerprint density at radius 2 is 1.42 bits per heavy atom. The lowest BCUT2D eigenvalue weighted by molar-refractivity contribution is -0.145. The topological polar surface area (TPSA) is 44.8 Å². The molecular formula is C20H22O4. The summed E-state index contributed by atoms with van der Waals surface area (Å²) in [6.07, 6.45) is 0.754. The highest BCUT2D eigenvalue weighted by atomic mass is 16.5.